The largest absolute Gasteiger partial charge is 0.379 e. The maximum absolute atomic E-state index is 5.44. The smallest absolute Gasteiger partial charge is 0.165 e. The second-order valence-corrected chi connectivity index (χ2v) is 7.32. The van der Waals surface area contributed by atoms with Crippen molar-refractivity contribution in [1.82, 2.24) is 24.4 Å². The molecule has 146 valence electrons. The number of nitrogens with zero attached hydrogens (tertiary/aromatic N) is 5. The molecule has 3 aromatic heterocycles. The van der Waals surface area contributed by atoms with Crippen LogP contribution in [-0.4, -0.2) is 50.7 Å². The van der Waals surface area contributed by atoms with Crippen molar-refractivity contribution in [3.8, 4) is 16.9 Å². The predicted molar refractivity (Wildman–Crippen MR) is 113 cm³/mol. The summed E-state index contributed by atoms with van der Waals surface area (Å²) in [6.45, 7) is 6.62. The van der Waals surface area contributed by atoms with Gasteiger partial charge in [0.2, 0.25) is 0 Å². The van der Waals surface area contributed by atoms with Crippen molar-refractivity contribution in [3.05, 3.63) is 72.3 Å². The molecular weight excluding hydrogens is 362 g/mol. The van der Waals surface area contributed by atoms with E-state index in [0.717, 1.165) is 66.8 Å². The summed E-state index contributed by atoms with van der Waals surface area (Å²) in [4.78, 5) is 16.1. The van der Waals surface area contributed by atoms with Gasteiger partial charge in [-0.15, -0.1) is 0 Å². The van der Waals surface area contributed by atoms with Crippen molar-refractivity contribution in [2.45, 2.75) is 13.5 Å². The highest BCUT2D eigenvalue weighted by molar-refractivity contribution is 5.78. The molecule has 6 heteroatoms. The minimum atomic E-state index is 0.823. The van der Waals surface area contributed by atoms with E-state index in [-0.39, 0.29) is 0 Å². The van der Waals surface area contributed by atoms with E-state index in [0.29, 0.717) is 0 Å². The average Bonchev–Trinajstić information content (AvgIpc) is 3.10. The zero-order valence-corrected chi connectivity index (χ0v) is 16.5. The van der Waals surface area contributed by atoms with Crippen molar-refractivity contribution in [1.29, 1.82) is 0 Å². The number of morpholine rings is 1. The molecule has 1 aliphatic heterocycles. The zero-order valence-electron chi connectivity index (χ0n) is 16.5. The molecule has 1 fully saturated rings. The van der Waals surface area contributed by atoms with E-state index in [1.165, 1.54) is 5.56 Å². The molecule has 1 saturated heterocycles. The molecule has 1 aromatic carbocycles. The van der Waals surface area contributed by atoms with Crippen LogP contribution in [0.15, 0.2) is 60.9 Å². The van der Waals surface area contributed by atoms with E-state index < -0.39 is 0 Å². The second-order valence-electron chi connectivity index (χ2n) is 7.32. The van der Waals surface area contributed by atoms with Crippen LogP contribution in [0.5, 0.6) is 0 Å². The first-order valence-corrected chi connectivity index (χ1v) is 9.94. The number of pyridine rings is 2. The first-order valence-electron chi connectivity index (χ1n) is 9.94. The molecule has 0 radical (unpaired) electrons. The van der Waals surface area contributed by atoms with Gasteiger partial charge in [0.1, 0.15) is 11.3 Å². The molecule has 0 aliphatic carbocycles. The van der Waals surface area contributed by atoms with Crippen LogP contribution in [0.4, 0.5) is 0 Å². The van der Waals surface area contributed by atoms with Gasteiger partial charge in [-0.25, -0.2) is 9.97 Å². The molecule has 1 aliphatic rings. The van der Waals surface area contributed by atoms with Gasteiger partial charge < -0.3 is 4.74 Å². The third-order valence-electron chi connectivity index (χ3n) is 5.35. The van der Waals surface area contributed by atoms with E-state index >= 15 is 0 Å². The quantitative estimate of drug-likeness (QED) is 0.537. The van der Waals surface area contributed by atoms with Gasteiger partial charge in [-0.2, -0.15) is 0 Å². The Morgan fingerprint density at radius 2 is 1.66 bits per heavy atom. The highest BCUT2D eigenvalue weighted by Crippen LogP contribution is 2.24. The molecule has 6 nitrogen and oxygen atoms in total. The lowest BCUT2D eigenvalue weighted by Gasteiger charge is -2.26. The molecule has 4 aromatic rings. The van der Waals surface area contributed by atoms with Gasteiger partial charge in [-0.3, -0.25) is 14.5 Å². The minimum Gasteiger partial charge on any atom is -0.379 e. The standard InChI is InChI=1S/C23H23N5O/c1-17-25-22-7-6-21(19-8-10-24-11-9-19)26-23(22)28(17)20-4-2-18(3-5-20)16-27-12-14-29-15-13-27/h2-11H,12-16H2,1H3. The summed E-state index contributed by atoms with van der Waals surface area (Å²) in [6, 6.07) is 16.7. The van der Waals surface area contributed by atoms with Gasteiger partial charge in [-0.05, 0) is 48.9 Å². The summed E-state index contributed by atoms with van der Waals surface area (Å²) in [5, 5.41) is 0. The number of aryl methyl sites for hydroxylation is 1. The van der Waals surface area contributed by atoms with E-state index in [4.69, 9.17) is 14.7 Å². The Morgan fingerprint density at radius 1 is 0.897 bits per heavy atom. The third kappa shape index (κ3) is 3.64. The summed E-state index contributed by atoms with van der Waals surface area (Å²) >= 11 is 0. The van der Waals surface area contributed by atoms with Crippen LogP contribution in [-0.2, 0) is 11.3 Å². The summed E-state index contributed by atoms with van der Waals surface area (Å²) in [7, 11) is 0. The molecule has 4 heterocycles. The minimum absolute atomic E-state index is 0.823. The highest BCUT2D eigenvalue weighted by Gasteiger charge is 2.14. The van der Waals surface area contributed by atoms with Crippen LogP contribution in [0.3, 0.4) is 0 Å². The van der Waals surface area contributed by atoms with Crippen LogP contribution in [0.25, 0.3) is 28.1 Å². The number of ether oxygens (including phenoxy) is 1. The summed E-state index contributed by atoms with van der Waals surface area (Å²) in [5.41, 5.74) is 6.13. The molecule has 0 spiro atoms. The van der Waals surface area contributed by atoms with E-state index in [2.05, 4.69) is 38.7 Å². The Labute approximate surface area is 169 Å². The van der Waals surface area contributed by atoms with Crippen LogP contribution in [0, 0.1) is 6.92 Å². The second kappa shape index (κ2) is 7.73. The third-order valence-corrected chi connectivity index (χ3v) is 5.35. The Bertz CT molecular complexity index is 1120. The van der Waals surface area contributed by atoms with Crippen LogP contribution < -0.4 is 0 Å². The number of fused-ring (bicyclic) bond motifs is 1. The summed E-state index contributed by atoms with van der Waals surface area (Å²) < 4.78 is 7.56. The zero-order chi connectivity index (χ0) is 19.6. The van der Waals surface area contributed by atoms with E-state index in [9.17, 15) is 0 Å². The molecule has 0 N–H and O–H groups in total. The van der Waals surface area contributed by atoms with Crippen LogP contribution >= 0.6 is 0 Å². The van der Waals surface area contributed by atoms with Gasteiger partial charge in [0, 0.05) is 43.3 Å². The van der Waals surface area contributed by atoms with Crippen molar-refractivity contribution in [2.24, 2.45) is 0 Å². The SMILES string of the molecule is Cc1nc2ccc(-c3ccncc3)nc2n1-c1ccc(CN2CCOCC2)cc1. The van der Waals surface area contributed by atoms with Crippen molar-refractivity contribution >= 4 is 11.2 Å². The highest BCUT2D eigenvalue weighted by atomic mass is 16.5. The summed E-state index contributed by atoms with van der Waals surface area (Å²) in [6.07, 6.45) is 3.58. The number of rotatable bonds is 4. The van der Waals surface area contributed by atoms with E-state index in [1.54, 1.807) is 12.4 Å². The molecule has 0 bridgehead atoms. The predicted octanol–water partition coefficient (Wildman–Crippen LogP) is 3.62. The maximum Gasteiger partial charge on any atom is 0.165 e. The van der Waals surface area contributed by atoms with E-state index in [1.807, 2.05) is 31.2 Å². The fourth-order valence-corrected chi connectivity index (χ4v) is 3.83. The molecule has 0 atom stereocenters. The Kier molecular flexibility index (Phi) is 4.79. The monoisotopic (exact) mass is 385 g/mol. The average molecular weight is 385 g/mol. The van der Waals surface area contributed by atoms with Gasteiger partial charge in [0.05, 0.1) is 18.9 Å². The van der Waals surface area contributed by atoms with Gasteiger partial charge in [-0.1, -0.05) is 12.1 Å². The maximum atomic E-state index is 5.44. The number of hydrogen-bond acceptors (Lipinski definition) is 5. The fourth-order valence-electron chi connectivity index (χ4n) is 3.83. The molecular formula is C23H23N5O. The van der Waals surface area contributed by atoms with Gasteiger partial charge in [0.15, 0.2) is 5.65 Å². The van der Waals surface area contributed by atoms with Crippen LogP contribution in [0.2, 0.25) is 0 Å². The number of aromatic nitrogens is 4. The first-order chi connectivity index (χ1) is 14.3. The Hall–Kier alpha value is -3.09. The molecule has 5 rings (SSSR count). The molecule has 29 heavy (non-hydrogen) atoms. The molecule has 0 saturated carbocycles. The topological polar surface area (TPSA) is 56.1 Å². The summed E-state index contributed by atoms with van der Waals surface area (Å²) in [5.74, 6) is 0.931. The van der Waals surface area contributed by atoms with Crippen molar-refractivity contribution in [3.63, 3.8) is 0 Å². The Morgan fingerprint density at radius 3 is 2.41 bits per heavy atom. The van der Waals surface area contributed by atoms with Crippen LogP contribution in [0.1, 0.15) is 11.4 Å². The normalized spacial score (nSPS) is 15.1. The van der Waals surface area contributed by atoms with Crippen molar-refractivity contribution < 1.29 is 4.74 Å². The number of hydrogen-bond donors (Lipinski definition) is 0. The number of imidazole rings is 1. The lowest BCUT2D eigenvalue weighted by Crippen LogP contribution is -2.35. The number of benzene rings is 1. The van der Waals surface area contributed by atoms with Gasteiger partial charge >= 0.3 is 0 Å². The Balaban J connectivity index is 1.48. The van der Waals surface area contributed by atoms with Gasteiger partial charge in [0.25, 0.3) is 0 Å². The molecule has 0 amide bonds. The van der Waals surface area contributed by atoms with Crippen molar-refractivity contribution in [2.75, 3.05) is 26.3 Å². The fraction of sp³-hybridized carbons (Fsp3) is 0.261. The molecule has 0 unspecified atom stereocenters. The first kappa shape index (κ1) is 18.0. The lowest BCUT2D eigenvalue weighted by molar-refractivity contribution is 0.0342. The lowest BCUT2D eigenvalue weighted by atomic mass is 10.1.